The van der Waals surface area contributed by atoms with Gasteiger partial charge in [-0.25, -0.2) is 4.79 Å². The molecular weight excluding hydrogens is 326 g/mol. The summed E-state index contributed by atoms with van der Waals surface area (Å²) in [4.78, 5) is 12.4. The third-order valence-corrected chi connectivity index (χ3v) is 4.82. The predicted octanol–water partition coefficient (Wildman–Crippen LogP) is 4.36. The molecular formula is C22H23NO3. The molecule has 0 heterocycles. The number of aryl methyl sites for hydroxylation is 1. The number of carbonyl (C=O) groups excluding carboxylic acids is 1. The van der Waals surface area contributed by atoms with Crippen molar-refractivity contribution in [2.24, 2.45) is 0 Å². The first-order valence-electron chi connectivity index (χ1n) is 8.61. The van der Waals surface area contributed by atoms with E-state index in [2.05, 4.69) is 17.4 Å². The second-order valence-corrected chi connectivity index (χ2v) is 6.47. The van der Waals surface area contributed by atoms with Gasteiger partial charge in [0.15, 0.2) is 0 Å². The molecule has 0 aliphatic carbocycles. The summed E-state index contributed by atoms with van der Waals surface area (Å²) in [6.45, 7) is 3.79. The molecule has 0 aromatic heterocycles. The molecule has 0 saturated carbocycles. The van der Waals surface area contributed by atoms with Crippen LogP contribution in [0.4, 0.5) is 5.69 Å². The molecule has 2 N–H and O–H groups in total. The maximum atomic E-state index is 12.4. The fourth-order valence-electron chi connectivity index (χ4n) is 3.13. The molecule has 0 unspecified atom stereocenters. The number of hydrogen-bond donors (Lipinski definition) is 2. The lowest BCUT2D eigenvalue weighted by Crippen LogP contribution is -2.33. The molecule has 3 aromatic rings. The van der Waals surface area contributed by atoms with Crippen LogP contribution in [0.3, 0.4) is 0 Å². The second-order valence-electron chi connectivity index (χ2n) is 6.47. The lowest BCUT2D eigenvalue weighted by Gasteiger charge is -2.20. The van der Waals surface area contributed by atoms with Crippen LogP contribution in [0.25, 0.3) is 10.8 Å². The van der Waals surface area contributed by atoms with Crippen LogP contribution in [0.2, 0.25) is 0 Å². The highest BCUT2D eigenvalue weighted by molar-refractivity contribution is 5.87. The zero-order valence-corrected chi connectivity index (χ0v) is 15.2. The number of phenols is 1. The van der Waals surface area contributed by atoms with Gasteiger partial charge < -0.3 is 15.2 Å². The molecule has 0 bridgehead atoms. The molecule has 4 heteroatoms. The highest BCUT2D eigenvalue weighted by Crippen LogP contribution is 2.30. The van der Waals surface area contributed by atoms with Gasteiger partial charge in [-0.15, -0.1) is 0 Å². The molecule has 0 spiro atoms. The smallest absolute Gasteiger partial charge is 0.328 e. The molecule has 1 atom stereocenters. The standard InChI is InChI=1S/C22H23NO3/c1-14-11-12-19(21(24)15(14)2)23-20(22(25)26-3)13-17-9-6-8-16-7-4-5-10-18(16)17/h4-12,20,23-24H,13H2,1-3H3/t20-/m0/s1. The van der Waals surface area contributed by atoms with Crippen molar-refractivity contribution in [3.8, 4) is 5.75 Å². The fraction of sp³-hybridized carbons (Fsp3) is 0.227. The van der Waals surface area contributed by atoms with Crippen LogP contribution < -0.4 is 5.32 Å². The molecule has 134 valence electrons. The Morgan fingerprint density at radius 1 is 1.08 bits per heavy atom. The molecule has 0 amide bonds. The number of phenolic OH excluding ortho intramolecular Hbond substituents is 1. The van der Waals surface area contributed by atoms with Gasteiger partial charge in [-0.05, 0) is 47.4 Å². The summed E-state index contributed by atoms with van der Waals surface area (Å²) in [5.41, 5.74) is 3.37. The summed E-state index contributed by atoms with van der Waals surface area (Å²) in [7, 11) is 1.38. The van der Waals surface area contributed by atoms with Crippen LogP contribution in [0.1, 0.15) is 16.7 Å². The van der Waals surface area contributed by atoms with Gasteiger partial charge in [0.2, 0.25) is 0 Å². The Bertz CT molecular complexity index is 944. The summed E-state index contributed by atoms with van der Waals surface area (Å²) in [6, 6.07) is 17.2. The number of anilines is 1. The van der Waals surface area contributed by atoms with E-state index >= 15 is 0 Å². The minimum Gasteiger partial charge on any atom is -0.505 e. The Hall–Kier alpha value is -3.01. The van der Waals surface area contributed by atoms with E-state index in [4.69, 9.17) is 4.74 Å². The topological polar surface area (TPSA) is 58.6 Å². The van der Waals surface area contributed by atoms with Crippen LogP contribution in [0.5, 0.6) is 5.75 Å². The van der Waals surface area contributed by atoms with Crippen molar-refractivity contribution in [2.45, 2.75) is 26.3 Å². The van der Waals surface area contributed by atoms with Crippen molar-refractivity contribution in [3.63, 3.8) is 0 Å². The van der Waals surface area contributed by atoms with Crippen LogP contribution in [-0.4, -0.2) is 24.2 Å². The Balaban J connectivity index is 1.94. The maximum Gasteiger partial charge on any atom is 0.328 e. The van der Waals surface area contributed by atoms with Crippen LogP contribution >= 0.6 is 0 Å². The highest BCUT2D eigenvalue weighted by Gasteiger charge is 2.22. The van der Waals surface area contributed by atoms with Gasteiger partial charge in [0.25, 0.3) is 0 Å². The number of ether oxygens (including phenoxy) is 1. The summed E-state index contributed by atoms with van der Waals surface area (Å²) >= 11 is 0. The van der Waals surface area contributed by atoms with Gasteiger partial charge in [-0.3, -0.25) is 0 Å². The molecule has 4 nitrogen and oxygen atoms in total. The number of aromatic hydroxyl groups is 1. The lowest BCUT2D eigenvalue weighted by atomic mass is 9.98. The zero-order chi connectivity index (χ0) is 18.7. The lowest BCUT2D eigenvalue weighted by molar-refractivity contribution is -0.141. The number of methoxy groups -OCH3 is 1. The van der Waals surface area contributed by atoms with Gasteiger partial charge in [0.1, 0.15) is 11.8 Å². The minimum absolute atomic E-state index is 0.164. The third-order valence-electron chi connectivity index (χ3n) is 4.82. The van der Waals surface area contributed by atoms with E-state index in [9.17, 15) is 9.90 Å². The third kappa shape index (κ3) is 3.49. The molecule has 0 saturated heterocycles. The summed E-state index contributed by atoms with van der Waals surface area (Å²) < 4.78 is 4.98. The number of carbonyl (C=O) groups is 1. The number of hydrogen-bond acceptors (Lipinski definition) is 4. The van der Waals surface area contributed by atoms with Crippen molar-refractivity contribution in [2.75, 3.05) is 12.4 Å². The Morgan fingerprint density at radius 3 is 2.58 bits per heavy atom. The van der Waals surface area contributed by atoms with Crippen molar-refractivity contribution in [1.29, 1.82) is 0 Å². The maximum absolute atomic E-state index is 12.4. The van der Waals surface area contributed by atoms with Gasteiger partial charge in [-0.1, -0.05) is 48.5 Å². The molecule has 0 radical (unpaired) electrons. The predicted molar refractivity (Wildman–Crippen MR) is 105 cm³/mol. The SMILES string of the molecule is COC(=O)[C@H](Cc1cccc2ccccc12)Nc1ccc(C)c(C)c1O. The average molecular weight is 349 g/mol. The average Bonchev–Trinajstić information content (AvgIpc) is 2.67. The first-order chi connectivity index (χ1) is 12.5. The Morgan fingerprint density at radius 2 is 1.81 bits per heavy atom. The minimum atomic E-state index is -0.598. The van der Waals surface area contributed by atoms with E-state index in [0.717, 1.165) is 27.5 Å². The largest absolute Gasteiger partial charge is 0.505 e. The van der Waals surface area contributed by atoms with Crippen molar-refractivity contribution in [3.05, 3.63) is 71.3 Å². The second kappa shape index (κ2) is 7.48. The first-order valence-corrected chi connectivity index (χ1v) is 8.61. The normalized spacial score (nSPS) is 12.0. The van der Waals surface area contributed by atoms with Crippen molar-refractivity contribution >= 4 is 22.4 Å². The quantitative estimate of drug-likeness (QED) is 0.531. The van der Waals surface area contributed by atoms with E-state index in [1.165, 1.54) is 7.11 Å². The molecule has 3 rings (SSSR count). The highest BCUT2D eigenvalue weighted by atomic mass is 16.5. The van der Waals surface area contributed by atoms with Crippen molar-refractivity contribution in [1.82, 2.24) is 0 Å². The molecule has 0 aliphatic heterocycles. The molecule has 0 aliphatic rings. The van der Waals surface area contributed by atoms with Gasteiger partial charge in [0, 0.05) is 6.42 Å². The monoisotopic (exact) mass is 349 g/mol. The number of fused-ring (bicyclic) bond motifs is 1. The summed E-state index contributed by atoms with van der Waals surface area (Å²) in [6.07, 6.45) is 0.459. The van der Waals surface area contributed by atoms with E-state index in [-0.39, 0.29) is 11.7 Å². The van der Waals surface area contributed by atoms with Gasteiger partial charge in [0.05, 0.1) is 12.8 Å². The Kier molecular flexibility index (Phi) is 5.12. The van der Waals surface area contributed by atoms with E-state index in [0.29, 0.717) is 12.1 Å². The number of benzene rings is 3. The van der Waals surface area contributed by atoms with E-state index in [1.54, 1.807) is 6.07 Å². The fourth-order valence-corrected chi connectivity index (χ4v) is 3.13. The van der Waals surface area contributed by atoms with E-state index in [1.807, 2.05) is 50.2 Å². The van der Waals surface area contributed by atoms with Crippen LogP contribution in [0, 0.1) is 13.8 Å². The van der Waals surface area contributed by atoms with E-state index < -0.39 is 6.04 Å². The number of rotatable bonds is 5. The number of esters is 1. The number of nitrogens with one attached hydrogen (secondary N) is 1. The van der Waals surface area contributed by atoms with Gasteiger partial charge >= 0.3 is 5.97 Å². The first kappa shape index (κ1) is 17.8. The van der Waals surface area contributed by atoms with Crippen LogP contribution in [0.15, 0.2) is 54.6 Å². The molecule has 26 heavy (non-hydrogen) atoms. The molecule has 0 fully saturated rings. The zero-order valence-electron chi connectivity index (χ0n) is 15.2. The van der Waals surface area contributed by atoms with Gasteiger partial charge in [-0.2, -0.15) is 0 Å². The van der Waals surface area contributed by atoms with Crippen molar-refractivity contribution < 1.29 is 14.6 Å². The molecule has 3 aromatic carbocycles. The summed E-state index contributed by atoms with van der Waals surface area (Å²) in [5.74, 6) is -0.201. The summed E-state index contributed by atoms with van der Waals surface area (Å²) in [5, 5.41) is 15.8. The van der Waals surface area contributed by atoms with Crippen LogP contribution in [-0.2, 0) is 16.0 Å². The Labute approximate surface area is 153 Å².